The summed E-state index contributed by atoms with van der Waals surface area (Å²) >= 11 is 0. The van der Waals surface area contributed by atoms with E-state index in [-0.39, 0.29) is 5.60 Å². The van der Waals surface area contributed by atoms with Gasteiger partial charge in [-0.2, -0.15) is 0 Å². The molecular weight excluding hydrogens is 262 g/mol. The zero-order valence-corrected chi connectivity index (χ0v) is 12.8. The molecule has 2 heterocycles. The molecule has 0 atom stereocenters. The Morgan fingerprint density at radius 3 is 2.95 bits per heavy atom. The van der Waals surface area contributed by atoms with Gasteiger partial charge in [0.05, 0.1) is 17.7 Å². The zero-order chi connectivity index (χ0) is 14.7. The van der Waals surface area contributed by atoms with Crippen molar-refractivity contribution in [3.63, 3.8) is 0 Å². The van der Waals surface area contributed by atoms with Crippen molar-refractivity contribution in [2.24, 2.45) is 0 Å². The van der Waals surface area contributed by atoms with Crippen LogP contribution in [-0.2, 0) is 4.74 Å². The predicted octanol–water partition coefficient (Wildman–Crippen LogP) is 2.76. The fraction of sp³-hybridized carbons (Fsp3) is 0.471. The number of ether oxygens (including phenoxy) is 1. The maximum Gasteiger partial charge on any atom is 0.126 e. The van der Waals surface area contributed by atoms with E-state index < -0.39 is 0 Å². The fourth-order valence-electron chi connectivity index (χ4n) is 2.81. The number of benzene rings is 1. The minimum atomic E-state index is -0.0283. The molecule has 1 aliphatic heterocycles. The monoisotopic (exact) mass is 285 g/mol. The van der Waals surface area contributed by atoms with E-state index in [4.69, 9.17) is 4.74 Å². The predicted molar refractivity (Wildman–Crippen MR) is 86.7 cm³/mol. The van der Waals surface area contributed by atoms with Crippen molar-refractivity contribution >= 4 is 16.7 Å². The third-order valence-corrected chi connectivity index (χ3v) is 3.84. The minimum absolute atomic E-state index is 0.0283. The molecule has 0 radical (unpaired) electrons. The second-order valence-corrected chi connectivity index (χ2v) is 6.20. The number of pyridine rings is 1. The molecule has 112 valence electrons. The van der Waals surface area contributed by atoms with Crippen LogP contribution in [0, 0.1) is 0 Å². The average Bonchev–Trinajstić information content (AvgIpc) is 2.46. The van der Waals surface area contributed by atoms with Crippen LogP contribution >= 0.6 is 0 Å². The van der Waals surface area contributed by atoms with Crippen molar-refractivity contribution in [3.05, 3.63) is 36.4 Å². The average molecular weight is 285 g/mol. The Kier molecular flexibility index (Phi) is 4.08. The SMILES string of the molecule is CC1(C)CN(CCNc2ccc3ccccc3n2)CCO1. The first-order valence-electron chi connectivity index (χ1n) is 7.58. The van der Waals surface area contributed by atoms with Gasteiger partial charge in [0.15, 0.2) is 0 Å². The lowest BCUT2D eigenvalue weighted by atomic mass is 10.1. The number of rotatable bonds is 4. The Morgan fingerprint density at radius 2 is 2.10 bits per heavy atom. The standard InChI is InChI=1S/C17H23N3O/c1-17(2)13-20(11-12-21-17)10-9-18-16-8-7-14-5-3-4-6-15(14)19-16/h3-8H,9-13H2,1-2H3,(H,18,19). The number of aromatic nitrogens is 1. The van der Waals surface area contributed by atoms with Crippen molar-refractivity contribution in [3.8, 4) is 0 Å². The molecule has 1 aliphatic rings. The Balaban J connectivity index is 1.54. The normalized spacial score (nSPS) is 18.8. The molecular formula is C17H23N3O. The maximum absolute atomic E-state index is 5.73. The van der Waals surface area contributed by atoms with Gasteiger partial charge in [-0.1, -0.05) is 18.2 Å². The van der Waals surface area contributed by atoms with Gasteiger partial charge in [-0.25, -0.2) is 4.98 Å². The number of nitrogens with zero attached hydrogens (tertiary/aromatic N) is 2. The largest absolute Gasteiger partial charge is 0.373 e. The van der Waals surface area contributed by atoms with Crippen LogP contribution in [0.15, 0.2) is 36.4 Å². The molecule has 0 spiro atoms. The molecule has 0 saturated carbocycles. The summed E-state index contributed by atoms with van der Waals surface area (Å²) in [5.41, 5.74) is 1.01. The number of morpholine rings is 1. The molecule has 4 heteroatoms. The first kappa shape index (κ1) is 14.3. The molecule has 1 fully saturated rings. The van der Waals surface area contributed by atoms with Gasteiger partial charge in [0.1, 0.15) is 5.82 Å². The molecule has 1 saturated heterocycles. The quantitative estimate of drug-likeness (QED) is 0.937. The summed E-state index contributed by atoms with van der Waals surface area (Å²) in [5, 5.41) is 4.60. The van der Waals surface area contributed by atoms with E-state index in [1.165, 1.54) is 5.39 Å². The van der Waals surface area contributed by atoms with Gasteiger partial charge in [0.25, 0.3) is 0 Å². The number of anilines is 1. The summed E-state index contributed by atoms with van der Waals surface area (Å²) in [4.78, 5) is 7.07. The molecule has 2 aromatic rings. The summed E-state index contributed by atoms with van der Waals surface area (Å²) < 4.78 is 5.73. The molecule has 0 amide bonds. The van der Waals surface area contributed by atoms with Gasteiger partial charge in [-0.05, 0) is 32.0 Å². The Morgan fingerprint density at radius 1 is 1.24 bits per heavy atom. The second kappa shape index (κ2) is 6.00. The fourth-order valence-corrected chi connectivity index (χ4v) is 2.81. The van der Waals surface area contributed by atoms with Crippen LogP contribution in [0.5, 0.6) is 0 Å². The van der Waals surface area contributed by atoms with Crippen molar-refractivity contribution in [1.82, 2.24) is 9.88 Å². The molecule has 21 heavy (non-hydrogen) atoms. The third kappa shape index (κ3) is 3.71. The molecule has 4 nitrogen and oxygen atoms in total. The molecule has 0 unspecified atom stereocenters. The van der Waals surface area contributed by atoms with E-state index in [1.807, 2.05) is 24.3 Å². The highest BCUT2D eigenvalue weighted by molar-refractivity contribution is 5.79. The summed E-state index contributed by atoms with van der Waals surface area (Å²) in [6.07, 6.45) is 0. The van der Waals surface area contributed by atoms with Gasteiger partial charge in [-0.15, -0.1) is 0 Å². The van der Waals surface area contributed by atoms with E-state index >= 15 is 0 Å². The van der Waals surface area contributed by atoms with E-state index in [9.17, 15) is 0 Å². The van der Waals surface area contributed by atoms with Crippen molar-refractivity contribution in [2.45, 2.75) is 19.4 Å². The molecule has 0 aliphatic carbocycles. The number of para-hydroxylation sites is 1. The Labute approximate surface area is 126 Å². The van der Waals surface area contributed by atoms with Crippen LogP contribution in [0.25, 0.3) is 10.9 Å². The van der Waals surface area contributed by atoms with E-state index in [0.717, 1.165) is 44.1 Å². The Bertz CT molecular complexity index is 612. The van der Waals surface area contributed by atoms with Gasteiger partial charge in [0.2, 0.25) is 0 Å². The smallest absolute Gasteiger partial charge is 0.126 e. The number of nitrogens with one attached hydrogen (secondary N) is 1. The van der Waals surface area contributed by atoms with Gasteiger partial charge in [-0.3, -0.25) is 4.90 Å². The lowest BCUT2D eigenvalue weighted by Gasteiger charge is -2.38. The highest BCUT2D eigenvalue weighted by Gasteiger charge is 2.26. The van der Waals surface area contributed by atoms with Crippen LogP contribution in [0.3, 0.4) is 0 Å². The van der Waals surface area contributed by atoms with Crippen LogP contribution < -0.4 is 5.32 Å². The molecule has 3 rings (SSSR count). The topological polar surface area (TPSA) is 37.4 Å². The summed E-state index contributed by atoms with van der Waals surface area (Å²) in [6, 6.07) is 12.4. The van der Waals surface area contributed by atoms with Crippen molar-refractivity contribution < 1.29 is 4.74 Å². The first-order chi connectivity index (χ1) is 10.1. The summed E-state index contributed by atoms with van der Waals surface area (Å²) in [5.74, 6) is 0.946. The second-order valence-electron chi connectivity index (χ2n) is 6.20. The summed E-state index contributed by atoms with van der Waals surface area (Å²) in [7, 11) is 0. The van der Waals surface area contributed by atoms with Gasteiger partial charge in [0, 0.05) is 31.6 Å². The maximum atomic E-state index is 5.73. The third-order valence-electron chi connectivity index (χ3n) is 3.84. The first-order valence-corrected chi connectivity index (χ1v) is 7.58. The Hall–Kier alpha value is -1.65. The zero-order valence-electron chi connectivity index (χ0n) is 12.8. The molecule has 1 aromatic carbocycles. The number of hydrogen-bond acceptors (Lipinski definition) is 4. The van der Waals surface area contributed by atoms with E-state index in [2.05, 4.69) is 41.2 Å². The van der Waals surface area contributed by atoms with Crippen LogP contribution in [-0.4, -0.2) is 48.3 Å². The van der Waals surface area contributed by atoms with E-state index in [1.54, 1.807) is 0 Å². The lowest BCUT2D eigenvalue weighted by molar-refractivity contribution is -0.0848. The summed E-state index contributed by atoms with van der Waals surface area (Å²) in [6.45, 7) is 9.04. The van der Waals surface area contributed by atoms with Crippen molar-refractivity contribution in [1.29, 1.82) is 0 Å². The minimum Gasteiger partial charge on any atom is -0.373 e. The molecule has 0 bridgehead atoms. The van der Waals surface area contributed by atoms with Crippen LogP contribution in [0.4, 0.5) is 5.82 Å². The van der Waals surface area contributed by atoms with Gasteiger partial charge >= 0.3 is 0 Å². The molecule has 1 N–H and O–H groups in total. The van der Waals surface area contributed by atoms with Crippen LogP contribution in [0.1, 0.15) is 13.8 Å². The highest BCUT2D eigenvalue weighted by Crippen LogP contribution is 2.17. The number of hydrogen-bond donors (Lipinski definition) is 1. The number of fused-ring (bicyclic) bond motifs is 1. The van der Waals surface area contributed by atoms with E-state index in [0.29, 0.717) is 0 Å². The van der Waals surface area contributed by atoms with Gasteiger partial charge < -0.3 is 10.1 Å². The van der Waals surface area contributed by atoms with Crippen molar-refractivity contribution in [2.75, 3.05) is 38.1 Å². The highest BCUT2D eigenvalue weighted by atomic mass is 16.5. The lowest BCUT2D eigenvalue weighted by Crippen LogP contribution is -2.49. The van der Waals surface area contributed by atoms with Crippen LogP contribution in [0.2, 0.25) is 0 Å². The molecule has 1 aromatic heterocycles.